The molecule has 0 aromatic rings. The molecule has 29 heavy (non-hydrogen) atoms. The van der Waals surface area contributed by atoms with Crippen molar-refractivity contribution < 1.29 is 40.0 Å². The fraction of sp³-hybridized carbons (Fsp3) is 0.688. The third kappa shape index (κ3) is 6.16. The smallest absolute Gasteiger partial charge is 0.476 e. The molecule has 0 fully saturated rings. The molecule has 13 heteroatoms. The van der Waals surface area contributed by atoms with Crippen molar-refractivity contribution in [3.8, 4) is 0 Å². The Hall–Kier alpha value is -2.15. The van der Waals surface area contributed by atoms with Crippen LogP contribution in [0.2, 0.25) is 0 Å². The summed E-state index contributed by atoms with van der Waals surface area (Å²) in [5.41, 5.74) is -1.31. The second-order valence-corrected chi connectivity index (χ2v) is 8.19. The number of hydrazine groups is 1. The molecule has 0 aromatic heterocycles. The van der Waals surface area contributed by atoms with Gasteiger partial charge < -0.3 is 19.4 Å². The molecule has 0 radical (unpaired) electrons. The quantitative estimate of drug-likeness (QED) is 0.136. The van der Waals surface area contributed by atoms with E-state index in [4.69, 9.17) is 21.1 Å². The Morgan fingerprint density at radius 3 is 2.41 bits per heavy atom. The van der Waals surface area contributed by atoms with Gasteiger partial charge in [-0.3, -0.25) is 9.80 Å². The van der Waals surface area contributed by atoms with E-state index in [2.05, 4.69) is 4.18 Å². The van der Waals surface area contributed by atoms with Gasteiger partial charge in [0.15, 0.2) is 0 Å². The molecule has 1 aliphatic carbocycles. The van der Waals surface area contributed by atoms with Gasteiger partial charge in [-0.2, -0.15) is 21.6 Å². The highest BCUT2D eigenvalue weighted by Crippen LogP contribution is 2.39. The molecule has 0 spiro atoms. The van der Waals surface area contributed by atoms with Crippen molar-refractivity contribution in [2.24, 2.45) is 17.0 Å². The molecule has 1 aliphatic rings. The van der Waals surface area contributed by atoms with Gasteiger partial charge in [0.25, 0.3) is 0 Å². The van der Waals surface area contributed by atoms with Crippen LogP contribution in [0.25, 0.3) is 0 Å². The molecule has 0 aromatic carbocycles. The van der Waals surface area contributed by atoms with Gasteiger partial charge in [-0.25, -0.2) is 5.84 Å². The maximum Gasteiger partial charge on any atom is 0.534 e. The van der Waals surface area contributed by atoms with E-state index in [1.807, 2.05) is 0 Å². The summed E-state index contributed by atoms with van der Waals surface area (Å²) in [7, 11) is -5.78. The number of nitrogens with zero attached hydrogens (tertiary/aromatic N) is 1. The normalized spacial score (nSPS) is 20.8. The third-order valence-electron chi connectivity index (χ3n) is 4.23. The lowest BCUT2D eigenvalue weighted by atomic mass is 9.77. The molecule has 4 N–H and O–H groups in total. The molecule has 0 bridgehead atoms. The van der Waals surface area contributed by atoms with Gasteiger partial charge in [0.1, 0.15) is 17.8 Å². The molecule has 0 heterocycles. The van der Waals surface area contributed by atoms with E-state index >= 15 is 0 Å². The van der Waals surface area contributed by atoms with Crippen molar-refractivity contribution in [2.45, 2.75) is 51.6 Å². The minimum Gasteiger partial charge on any atom is -0.476 e. The average molecular weight is 445 g/mol. The molecule has 9 nitrogen and oxygen atoms in total. The number of carbonyl (C=O) groups excluding carboxylic acids is 1. The topological polar surface area (TPSA) is 134 Å². The van der Waals surface area contributed by atoms with Crippen molar-refractivity contribution in [3.63, 3.8) is 0 Å². The molecule has 0 saturated carbocycles. The van der Waals surface area contributed by atoms with Crippen molar-refractivity contribution in [2.75, 3.05) is 13.2 Å². The molecular formula is C16H26F3N3O6S. The van der Waals surface area contributed by atoms with Crippen molar-refractivity contribution >= 4 is 16.1 Å². The first-order valence-corrected chi connectivity index (χ1v) is 10.2. The van der Waals surface area contributed by atoms with Crippen LogP contribution in [0.4, 0.5) is 13.2 Å². The van der Waals surface area contributed by atoms with Crippen LogP contribution in [0.3, 0.4) is 0 Å². The Morgan fingerprint density at radius 1 is 1.38 bits per heavy atom. The van der Waals surface area contributed by atoms with Crippen LogP contribution in [-0.2, 0) is 28.6 Å². The van der Waals surface area contributed by atoms with Gasteiger partial charge in [0.05, 0.1) is 12.8 Å². The van der Waals surface area contributed by atoms with Gasteiger partial charge in [-0.1, -0.05) is 0 Å². The summed E-state index contributed by atoms with van der Waals surface area (Å²) in [6.45, 7) is 5.00. The number of halogens is 3. The monoisotopic (exact) mass is 445 g/mol. The summed E-state index contributed by atoms with van der Waals surface area (Å²) in [5, 5.41) is 1.24. The Balaban J connectivity index is 3.02. The fourth-order valence-electron chi connectivity index (χ4n) is 2.47. The first-order valence-electron chi connectivity index (χ1n) is 8.75. The zero-order chi connectivity index (χ0) is 22.5. The van der Waals surface area contributed by atoms with Gasteiger partial charge in [-0.05, 0) is 39.7 Å². The van der Waals surface area contributed by atoms with E-state index in [0.717, 1.165) is 12.3 Å². The number of rotatable bonds is 9. The van der Waals surface area contributed by atoms with Gasteiger partial charge in [0, 0.05) is 12.5 Å². The average Bonchev–Trinajstić information content (AvgIpc) is 2.62. The molecule has 0 saturated heterocycles. The number of nitrogens with two attached hydrogens (primary N) is 2. The van der Waals surface area contributed by atoms with Crippen LogP contribution in [0.15, 0.2) is 23.9 Å². The zero-order valence-electron chi connectivity index (χ0n) is 16.4. The second-order valence-electron chi connectivity index (χ2n) is 6.65. The highest BCUT2D eigenvalue weighted by Gasteiger charge is 2.50. The van der Waals surface area contributed by atoms with Crippen molar-refractivity contribution in [3.05, 3.63) is 23.9 Å². The standard InChI is InChI=1S/C16H26F3N3O6S/c1-4-26-14(23)15(10-27-13(9-20)22(21)11(2)3)7-5-12(6-8-15)28-29(24,25)16(17,18)19/h5,9,11H,4,6-8,10,20-21H2,1-3H3/b13-9+. The van der Waals surface area contributed by atoms with Crippen LogP contribution in [0, 0.1) is 5.41 Å². The highest BCUT2D eigenvalue weighted by molar-refractivity contribution is 7.87. The molecule has 1 rings (SSSR count). The summed E-state index contributed by atoms with van der Waals surface area (Å²) < 4.78 is 74.6. The van der Waals surface area contributed by atoms with Crippen LogP contribution < -0.4 is 11.6 Å². The van der Waals surface area contributed by atoms with Gasteiger partial charge in [0.2, 0.25) is 5.88 Å². The first kappa shape index (κ1) is 24.9. The molecule has 168 valence electrons. The van der Waals surface area contributed by atoms with Crippen molar-refractivity contribution in [1.29, 1.82) is 0 Å². The highest BCUT2D eigenvalue weighted by atomic mass is 32.2. The number of hydrogen-bond donors (Lipinski definition) is 2. The SMILES string of the molecule is CCOC(=O)C1(CO/C(=C/N)N(N)C(C)C)CC=C(OS(=O)(=O)C(F)(F)F)CC1. The Morgan fingerprint density at radius 2 is 2.00 bits per heavy atom. The first-order chi connectivity index (χ1) is 13.3. The maximum absolute atomic E-state index is 12.5. The predicted molar refractivity (Wildman–Crippen MR) is 96.4 cm³/mol. The summed E-state index contributed by atoms with van der Waals surface area (Å²) in [5.74, 6) is 4.88. The molecule has 1 unspecified atom stereocenters. The van der Waals surface area contributed by atoms with Crippen LogP contribution >= 0.6 is 0 Å². The lowest BCUT2D eigenvalue weighted by Gasteiger charge is -2.35. The van der Waals surface area contributed by atoms with E-state index in [0.29, 0.717) is 0 Å². The van der Waals surface area contributed by atoms with Gasteiger partial charge in [-0.15, -0.1) is 0 Å². The summed E-state index contributed by atoms with van der Waals surface area (Å²) in [6, 6.07) is -0.165. The van der Waals surface area contributed by atoms with E-state index in [9.17, 15) is 26.4 Å². The lowest BCUT2D eigenvalue weighted by Crippen LogP contribution is -2.42. The Kier molecular flexibility index (Phi) is 8.21. The third-order valence-corrected chi connectivity index (χ3v) is 5.23. The molecule has 1 atom stereocenters. The van der Waals surface area contributed by atoms with Crippen LogP contribution in [0.5, 0.6) is 0 Å². The van der Waals surface area contributed by atoms with Crippen molar-refractivity contribution in [1.82, 2.24) is 5.01 Å². The predicted octanol–water partition coefficient (Wildman–Crippen LogP) is 1.83. The number of allylic oxidation sites excluding steroid dienone is 2. The van der Waals surface area contributed by atoms with E-state index < -0.39 is 32.8 Å². The Labute approximate surface area is 167 Å². The van der Waals surface area contributed by atoms with E-state index in [1.54, 1.807) is 20.8 Å². The number of hydrogen-bond acceptors (Lipinski definition) is 9. The number of esters is 1. The largest absolute Gasteiger partial charge is 0.534 e. The Bertz CT molecular complexity index is 751. The molecule has 0 amide bonds. The summed E-state index contributed by atoms with van der Waals surface area (Å²) in [6.07, 6.45) is 1.77. The number of carbonyl (C=O) groups is 1. The number of alkyl halides is 3. The van der Waals surface area contributed by atoms with E-state index in [1.165, 1.54) is 5.01 Å². The number of ether oxygens (including phenoxy) is 2. The molecule has 0 aliphatic heterocycles. The lowest BCUT2D eigenvalue weighted by molar-refractivity contribution is -0.160. The van der Waals surface area contributed by atoms with Crippen LogP contribution in [-0.4, -0.2) is 44.2 Å². The fourth-order valence-corrected chi connectivity index (χ4v) is 3.00. The molecular weight excluding hydrogens is 419 g/mol. The minimum atomic E-state index is -5.78. The summed E-state index contributed by atoms with van der Waals surface area (Å²) in [4.78, 5) is 12.5. The van der Waals surface area contributed by atoms with Gasteiger partial charge >= 0.3 is 21.6 Å². The summed E-state index contributed by atoms with van der Waals surface area (Å²) >= 11 is 0. The van der Waals surface area contributed by atoms with Crippen LogP contribution in [0.1, 0.15) is 40.0 Å². The van der Waals surface area contributed by atoms with E-state index in [-0.39, 0.29) is 44.4 Å². The zero-order valence-corrected chi connectivity index (χ0v) is 17.2. The minimum absolute atomic E-state index is 0.0604. The maximum atomic E-state index is 12.5. The second kappa shape index (κ2) is 9.57.